The van der Waals surface area contributed by atoms with Gasteiger partial charge in [0.25, 0.3) is 0 Å². The van der Waals surface area contributed by atoms with Crippen LogP contribution in [0.2, 0.25) is 0 Å². The van der Waals surface area contributed by atoms with Crippen LogP contribution in [0.15, 0.2) is 48.5 Å². The molecule has 0 fully saturated rings. The summed E-state index contributed by atoms with van der Waals surface area (Å²) in [6.45, 7) is 6.01. The molecular weight excluding hydrogens is 581 g/mol. The number of nitrogens with one attached hydrogen (secondary N) is 1. The molecule has 8 nitrogen and oxygen atoms in total. The Morgan fingerprint density at radius 1 is 1.11 bits per heavy atom. The second kappa shape index (κ2) is 13.1. The largest absolute Gasteiger partial charge is 0.497 e. The van der Waals surface area contributed by atoms with Crippen molar-refractivity contribution in [3.05, 3.63) is 57.7 Å². The number of hydrogen-bond acceptors (Lipinski definition) is 5. The minimum Gasteiger partial charge on any atom is -0.497 e. The van der Waals surface area contributed by atoms with E-state index in [-0.39, 0.29) is 18.4 Å². The average molecular weight is 616 g/mol. The van der Waals surface area contributed by atoms with E-state index in [2.05, 4.69) is 27.9 Å². The molecule has 2 amide bonds. The van der Waals surface area contributed by atoms with Crippen molar-refractivity contribution in [2.45, 2.75) is 39.8 Å². The molecule has 0 aromatic heterocycles. The van der Waals surface area contributed by atoms with Crippen LogP contribution in [0, 0.1) is 9.49 Å². The number of rotatable bonds is 12. The molecule has 10 heteroatoms. The summed E-state index contributed by atoms with van der Waals surface area (Å²) in [6.07, 6.45) is 1.44. The Hall–Kier alpha value is -2.34. The van der Waals surface area contributed by atoms with Gasteiger partial charge in [0, 0.05) is 16.7 Å². The van der Waals surface area contributed by atoms with Crippen molar-refractivity contribution in [1.29, 1.82) is 0 Å². The maximum atomic E-state index is 13.6. The molecule has 0 heterocycles. The summed E-state index contributed by atoms with van der Waals surface area (Å²) in [5.41, 5.74) is 1.16. The molecule has 0 radical (unpaired) electrons. The number of carbonyl (C=O) groups excluding carboxylic acids is 2. The lowest BCUT2D eigenvalue weighted by atomic mass is 10.1. The molecule has 0 aliphatic carbocycles. The normalized spacial score (nSPS) is 12.2. The van der Waals surface area contributed by atoms with Crippen LogP contribution in [-0.4, -0.2) is 57.6 Å². The molecule has 35 heavy (non-hydrogen) atoms. The maximum absolute atomic E-state index is 13.6. The molecule has 2 rings (SSSR count). The molecule has 2 aromatic rings. The number of sulfonamides is 1. The summed E-state index contributed by atoms with van der Waals surface area (Å²) >= 11 is 2.13. The number of amides is 2. The number of benzene rings is 2. The van der Waals surface area contributed by atoms with E-state index in [4.69, 9.17) is 4.74 Å². The fourth-order valence-electron chi connectivity index (χ4n) is 3.53. The van der Waals surface area contributed by atoms with E-state index in [0.717, 1.165) is 19.7 Å². The first kappa shape index (κ1) is 28.9. The van der Waals surface area contributed by atoms with Crippen molar-refractivity contribution in [3.8, 4) is 5.75 Å². The molecular formula is C25H34IN3O5S. The number of halogens is 1. The molecule has 0 spiro atoms. The van der Waals surface area contributed by atoms with Crippen molar-refractivity contribution in [3.63, 3.8) is 0 Å². The van der Waals surface area contributed by atoms with E-state index in [1.54, 1.807) is 43.5 Å². The zero-order chi connectivity index (χ0) is 26.2. The van der Waals surface area contributed by atoms with Gasteiger partial charge >= 0.3 is 0 Å². The smallest absolute Gasteiger partial charge is 0.244 e. The lowest BCUT2D eigenvalue weighted by molar-refractivity contribution is -0.140. The van der Waals surface area contributed by atoms with E-state index >= 15 is 0 Å². The minimum atomic E-state index is -3.75. The van der Waals surface area contributed by atoms with E-state index in [1.807, 2.05) is 32.9 Å². The first-order valence-electron chi connectivity index (χ1n) is 11.4. The van der Waals surface area contributed by atoms with Crippen LogP contribution in [0.4, 0.5) is 5.69 Å². The topological polar surface area (TPSA) is 96.0 Å². The summed E-state index contributed by atoms with van der Waals surface area (Å²) < 4.78 is 32.6. The zero-order valence-corrected chi connectivity index (χ0v) is 23.8. The molecule has 0 bridgehead atoms. The van der Waals surface area contributed by atoms with Gasteiger partial charge in [-0.15, -0.1) is 0 Å². The van der Waals surface area contributed by atoms with Crippen LogP contribution in [0.25, 0.3) is 0 Å². The molecule has 0 aliphatic heterocycles. The number of carbonyl (C=O) groups is 2. The third kappa shape index (κ3) is 8.68. The lowest BCUT2D eigenvalue weighted by Crippen LogP contribution is -2.52. The third-order valence-corrected chi connectivity index (χ3v) is 7.21. The fourth-order valence-corrected chi connectivity index (χ4v) is 4.74. The summed E-state index contributed by atoms with van der Waals surface area (Å²) in [5.74, 6) is 0.144. The van der Waals surface area contributed by atoms with E-state index in [1.165, 1.54) is 4.90 Å². The van der Waals surface area contributed by atoms with Gasteiger partial charge in [0.15, 0.2) is 0 Å². The summed E-state index contributed by atoms with van der Waals surface area (Å²) in [4.78, 5) is 28.2. The van der Waals surface area contributed by atoms with Gasteiger partial charge in [-0.05, 0) is 76.9 Å². The van der Waals surface area contributed by atoms with Gasteiger partial charge in [-0.25, -0.2) is 8.42 Å². The first-order valence-corrected chi connectivity index (χ1v) is 14.3. The molecule has 1 N–H and O–H groups in total. The Kier molecular flexibility index (Phi) is 10.8. The number of hydrogen-bond donors (Lipinski definition) is 1. The van der Waals surface area contributed by atoms with Crippen molar-refractivity contribution in [2.24, 2.45) is 5.92 Å². The van der Waals surface area contributed by atoms with Gasteiger partial charge in [0.2, 0.25) is 21.8 Å². The molecule has 2 aromatic carbocycles. The SMILES string of the molecule is CCC(C(=O)NCC(C)C)N(Cc1cccc(OC)c1)C(=O)CN(c1ccc(I)cc1)S(C)(=O)=O. The van der Waals surface area contributed by atoms with Crippen molar-refractivity contribution in [1.82, 2.24) is 10.2 Å². The van der Waals surface area contributed by atoms with Crippen molar-refractivity contribution in [2.75, 3.05) is 30.8 Å². The summed E-state index contributed by atoms with van der Waals surface area (Å²) in [7, 11) is -2.20. The molecule has 1 unspecified atom stereocenters. The van der Waals surface area contributed by atoms with Gasteiger partial charge in [0.05, 0.1) is 19.1 Å². The molecule has 1 atom stereocenters. The van der Waals surface area contributed by atoms with Crippen LogP contribution < -0.4 is 14.4 Å². The standard InChI is InChI=1S/C25H34IN3O5S/c1-6-23(25(31)27-15-18(2)3)28(16-19-8-7-9-22(14-19)34-4)24(30)17-29(35(5,32)33)21-12-10-20(26)11-13-21/h7-14,18,23H,6,15-17H2,1-5H3,(H,27,31). The molecule has 0 saturated heterocycles. The number of nitrogens with zero attached hydrogens (tertiary/aromatic N) is 2. The third-order valence-electron chi connectivity index (χ3n) is 5.35. The first-order chi connectivity index (χ1) is 16.5. The minimum absolute atomic E-state index is 0.133. The predicted molar refractivity (Wildman–Crippen MR) is 147 cm³/mol. The van der Waals surface area contributed by atoms with Gasteiger partial charge in [0.1, 0.15) is 18.3 Å². The Morgan fingerprint density at radius 3 is 2.31 bits per heavy atom. The van der Waals surface area contributed by atoms with E-state index < -0.39 is 28.5 Å². The van der Waals surface area contributed by atoms with Gasteiger partial charge in [-0.1, -0.05) is 32.9 Å². The van der Waals surface area contributed by atoms with Crippen molar-refractivity contribution >= 4 is 50.1 Å². The van der Waals surface area contributed by atoms with Gasteiger partial charge in [-0.2, -0.15) is 0 Å². The van der Waals surface area contributed by atoms with Crippen LogP contribution >= 0.6 is 22.6 Å². The van der Waals surface area contributed by atoms with Gasteiger partial charge < -0.3 is 15.0 Å². The van der Waals surface area contributed by atoms with Crippen LogP contribution in [0.3, 0.4) is 0 Å². The highest BCUT2D eigenvalue weighted by molar-refractivity contribution is 14.1. The second-order valence-corrected chi connectivity index (χ2v) is 11.8. The van der Waals surface area contributed by atoms with E-state index in [0.29, 0.717) is 24.4 Å². The van der Waals surface area contributed by atoms with Crippen LogP contribution in [0.5, 0.6) is 5.75 Å². The Balaban J connectivity index is 2.42. The van der Waals surface area contributed by atoms with Gasteiger partial charge in [-0.3, -0.25) is 13.9 Å². The Bertz CT molecular complexity index is 1110. The Morgan fingerprint density at radius 2 is 1.77 bits per heavy atom. The quantitative estimate of drug-likeness (QED) is 0.368. The summed E-state index contributed by atoms with van der Waals surface area (Å²) in [5, 5.41) is 2.91. The maximum Gasteiger partial charge on any atom is 0.244 e. The van der Waals surface area contributed by atoms with E-state index in [9.17, 15) is 18.0 Å². The average Bonchev–Trinajstić information content (AvgIpc) is 2.81. The zero-order valence-electron chi connectivity index (χ0n) is 20.8. The number of ether oxygens (including phenoxy) is 1. The highest BCUT2D eigenvalue weighted by atomic mass is 127. The highest BCUT2D eigenvalue weighted by Crippen LogP contribution is 2.22. The number of methoxy groups -OCH3 is 1. The fraction of sp³-hybridized carbons (Fsp3) is 0.440. The molecule has 192 valence electrons. The summed E-state index contributed by atoms with van der Waals surface area (Å²) in [6, 6.07) is 13.4. The van der Waals surface area contributed by atoms with Crippen LogP contribution in [0.1, 0.15) is 32.8 Å². The lowest BCUT2D eigenvalue weighted by Gasteiger charge is -2.33. The highest BCUT2D eigenvalue weighted by Gasteiger charge is 2.31. The predicted octanol–water partition coefficient (Wildman–Crippen LogP) is 3.65. The number of anilines is 1. The molecule has 0 saturated carbocycles. The monoisotopic (exact) mass is 615 g/mol. The van der Waals surface area contributed by atoms with Crippen LogP contribution in [-0.2, 0) is 26.2 Å². The van der Waals surface area contributed by atoms with Crippen molar-refractivity contribution < 1.29 is 22.7 Å². The molecule has 0 aliphatic rings. The second-order valence-electron chi connectivity index (χ2n) is 8.68. The Labute approximate surface area is 222 Å².